The van der Waals surface area contributed by atoms with E-state index in [1.165, 1.54) is 15.8 Å². The van der Waals surface area contributed by atoms with E-state index >= 15 is 0 Å². The van der Waals surface area contributed by atoms with Crippen LogP contribution in [0.3, 0.4) is 0 Å². The van der Waals surface area contributed by atoms with Crippen molar-refractivity contribution >= 4 is 27.4 Å². The van der Waals surface area contributed by atoms with Crippen molar-refractivity contribution in [3.63, 3.8) is 0 Å². The van der Waals surface area contributed by atoms with Gasteiger partial charge in [0.15, 0.2) is 0 Å². The molecule has 0 amide bonds. The predicted molar refractivity (Wildman–Crippen MR) is 80.9 cm³/mol. The molecule has 19 heavy (non-hydrogen) atoms. The number of nitrogens with two attached hydrogens (primary N) is 1. The molecule has 4 nitrogen and oxygen atoms in total. The van der Waals surface area contributed by atoms with E-state index in [0.29, 0.717) is 12.0 Å². The summed E-state index contributed by atoms with van der Waals surface area (Å²) in [5.74, 6) is 1.78. The molecular formula is C14H20N4S. The lowest BCUT2D eigenvalue weighted by Gasteiger charge is -2.35. The maximum atomic E-state index is 5.86. The number of thiophene rings is 1. The van der Waals surface area contributed by atoms with Crippen LogP contribution in [0.4, 0.5) is 5.82 Å². The Morgan fingerprint density at radius 3 is 2.79 bits per heavy atom. The molecule has 1 aliphatic carbocycles. The van der Waals surface area contributed by atoms with Gasteiger partial charge in [0.25, 0.3) is 0 Å². The molecule has 0 bridgehead atoms. The monoisotopic (exact) mass is 276 g/mol. The molecule has 0 radical (unpaired) electrons. The lowest BCUT2D eigenvalue weighted by Crippen LogP contribution is -2.42. The molecule has 0 aromatic carbocycles. The van der Waals surface area contributed by atoms with Crippen molar-refractivity contribution in [3.05, 3.63) is 16.8 Å². The number of hydrogen-bond donors (Lipinski definition) is 1. The minimum absolute atomic E-state index is 0.411. The quantitative estimate of drug-likeness (QED) is 0.935. The summed E-state index contributed by atoms with van der Waals surface area (Å²) in [7, 11) is 2.12. The highest BCUT2D eigenvalue weighted by atomic mass is 32.1. The van der Waals surface area contributed by atoms with Gasteiger partial charge in [-0.15, -0.1) is 11.3 Å². The minimum Gasteiger partial charge on any atom is -0.359 e. The summed E-state index contributed by atoms with van der Waals surface area (Å²) < 4.78 is 0. The van der Waals surface area contributed by atoms with Gasteiger partial charge in [0, 0.05) is 24.5 Å². The molecule has 1 saturated carbocycles. The maximum absolute atomic E-state index is 5.86. The van der Waals surface area contributed by atoms with Gasteiger partial charge < -0.3 is 10.6 Å². The van der Waals surface area contributed by atoms with Crippen LogP contribution in [0.1, 0.15) is 23.3 Å². The summed E-state index contributed by atoms with van der Waals surface area (Å²) in [5.41, 5.74) is 7.17. The van der Waals surface area contributed by atoms with E-state index < -0.39 is 0 Å². The van der Waals surface area contributed by atoms with Crippen LogP contribution in [-0.4, -0.2) is 29.6 Å². The molecule has 1 aliphatic rings. The Morgan fingerprint density at radius 1 is 1.37 bits per heavy atom. The molecule has 2 aromatic rings. The van der Waals surface area contributed by atoms with Crippen molar-refractivity contribution in [1.29, 1.82) is 0 Å². The number of aryl methyl sites for hydroxylation is 2. The number of aromatic nitrogens is 2. The first kappa shape index (κ1) is 12.8. The van der Waals surface area contributed by atoms with Crippen molar-refractivity contribution < 1.29 is 0 Å². The molecule has 0 unspecified atom stereocenters. The average Bonchev–Trinajstić information content (AvgIpc) is 2.63. The van der Waals surface area contributed by atoms with Crippen LogP contribution >= 0.6 is 11.3 Å². The van der Waals surface area contributed by atoms with E-state index in [4.69, 9.17) is 5.73 Å². The molecule has 2 N–H and O–H groups in total. The van der Waals surface area contributed by atoms with Crippen LogP contribution < -0.4 is 10.6 Å². The molecule has 102 valence electrons. The Morgan fingerprint density at radius 2 is 2.11 bits per heavy atom. The molecule has 0 spiro atoms. The highest BCUT2D eigenvalue weighted by molar-refractivity contribution is 7.18. The van der Waals surface area contributed by atoms with Gasteiger partial charge in [0.05, 0.1) is 5.39 Å². The van der Waals surface area contributed by atoms with E-state index in [0.717, 1.165) is 30.0 Å². The topological polar surface area (TPSA) is 55.0 Å². The zero-order valence-electron chi connectivity index (χ0n) is 11.7. The number of rotatable bonds is 3. The van der Waals surface area contributed by atoms with Crippen LogP contribution in [0.5, 0.6) is 0 Å². The molecule has 0 atom stereocenters. The van der Waals surface area contributed by atoms with E-state index in [2.05, 4.69) is 35.8 Å². The van der Waals surface area contributed by atoms with Crippen LogP contribution in [0.25, 0.3) is 10.2 Å². The highest BCUT2D eigenvalue weighted by Gasteiger charge is 2.27. The average molecular weight is 276 g/mol. The second-order valence-electron chi connectivity index (χ2n) is 5.64. The molecule has 1 fully saturated rings. The summed E-state index contributed by atoms with van der Waals surface area (Å²) in [6.07, 6.45) is 3.95. The predicted octanol–water partition coefficient (Wildman–Crippen LogP) is 2.48. The number of fused-ring (bicyclic) bond motifs is 1. The Kier molecular flexibility index (Phi) is 3.19. The van der Waals surface area contributed by atoms with Gasteiger partial charge >= 0.3 is 0 Å². The largest absolute Gasteiger partial charge is 0.359 e. The number of hydrogen-bond acceptors (Lipinski definition) is 5. The fraction of sp³-hybridized carbons (Fsp3) is 0.571. The zero-order valence-corrected chi connectivity index (χ0v) is 12.5. The molecule has 0 aliphatic heterocycles. The van der Waals surface area contributed by atoms with Gasteiger partial charge in [0.2, 0.25) is 0 Å². The van der Waals surface area contributed by atoms with E-state index in [-0.39, 0.29) is 0 Å². The zero-order chi connectivity index (χ0) is 13.6. The van der Waals surface area contributed by atoms with Crippen LogP contribution in [-0.2, 0) is 0 Å². The first-order valence-electron chi connectivity index (χ1n) is 6.73. The first-order valence-corrected chi connectivity index (χ1v) is 7.55. The van der Waals surface area contributed by atoms with Crippen LogP contribution in [0, 0.1) is 19.8 Å². The number of nitrogens with zero attached hydrogens (tertiary/aromatic N) is 3. The number of anilines is 1. The van der Waals surface area contributed by atoms with Crippen molar-refractivity contribution in [1.82, 2.24) is 9.97 Å². The van der Waals surface area contributed by atoms with Gasteiger partial charge in [-0.05, 0) is 38.2 Å². The Balaban J connectivity index is 1.91. The summed E-state index contributed by atoms with van der Waals surface area (Å²) in [5, 5.41) is 1.22. The summed E-state index contributed by atoms with van der Waals surface area (Å²) >= 11 is 1.75. The van der Waals surface area contributed by atoms with E-state index in [1.54, 1.807) is 17.7 Å². The smallest absolute Gasteiger partial charge is 0.140 e. The third-order valence-corrected chi connectivity index (χ3v) is 5.23. The van der Waals surface area contributed by atoms with Crippen molar-refractivity contribution in [2.45, 2.75) is 32.7 Å². The molecular weight excluding hydrogens is 256 g/mol. The van der Waals surface area contributed by atoms with Gasteiger partial charge in [-0.25, -0.2) is 9.97 Å². The van der Waals surface area contributed by atoms with Crippen molar-refractivity contribution in [3.8, 4) is 0 Å². The third-order valence-electron chi connectivity index (χ3n) is 4.11. The molecule has 2 aromatic heterocycles. The standard InChI is InChI=1S/C14H20N4S/c1-8-9(2)19-14-12(8)13(16-7-17-14)18(3)6-10-4-11(15)5-10/h7,10-11H,4-6,15H2,1-3H3. The van der Waals surface area contributed by atoms with Crippen molar-refractivity contribution in [2.75, 3.05) is 18.5 Å². The lowest BCUT2D eigenvalue weighted by molar-refractivity contribution is 0.271. The summed E-state index contributed by atoms with van der Waals surface area (Å²) in [6, 6.07) is 0.411. The lowest BCUT2D eigenvalue weighted by atomic mass is 9.80. The Hall–Kier alpha value is -1.20. The van der Waals surface area contributed by atoms with Crippen LogP contribution in [0.2, 0.25) is 0 Å². The Bertz CT molecular complexity index is 601. The maximum Gasteiger partial charge on any atom is 0.140 e. The molecule has 2 heterocycles. The van der Waals surface area contributed by atoms with Crippen LogP contribution in [0.15, 0.2) is 6.33 Å². The minimum atomic E-state index is 0.411. The summed E-state index contributed by atoms with van der Waals surface area (Å²) in [4.78, 5) is 13.6. The molecule has 5 heteroatoms. The second-order valence-corrected chi connectivity index (χ2v) is 6.84. The van der Waals surface area contributed by atoms with Gasteiger partial charge in [0.1, 0.15) is 17.0 Å². The second kappa shape index (κ2) is 4.72. The fourth-order valence-electron chi connectivity index (χ4n) is 2.86. The summed E-state index contributed by atoms with van der Waals surface area (Å²) in [6.45, 7) is 5.35. The van der Waals surface area contributed by atoms with Crippen molar-refractivity contribution in [2.24, 2.45) is 11.7 Å². The van der Waals surface area contributed by atoms with Gasteiger partial charge in [-0.3, -0.25) is 0 Å². The third kappa shape index (κ3) is 2.21. The first-order chi connectivity index (χ1) is 9.06. The van der Waals surface area contributed by atoms with Gasteiger partial charge in [-0.1, -0.05) is 0 Å². The van der Waals surface area contributed by atoms with Gasteiger partial charge in [-0.2, -0.15) is 0 Å². The SMILES string of the molecule is Cc1sc2ncnc(N(C)CC3CC(N)C3)c2c1C. The normalized spacial score (nSPS) is 22.5. The molecule has 0 saturated heterocycles. The Labute approximate surface area is 117 Å². The highest BCUT2D eigenvalue weighted by Crippen LogP contribution is 2.35. The molecule has 3 rings (SSSR count). The fourth-order valence-corrected chi connectivity index (χ4v) is 3.85. The van der Waals surface area contributed by atoms with E-state index in [1.807, 2.05) is 0 Å². The van der Waals surface area contributed by atoms with E-state index in [9.17, 15) is 0 Å².